The molecule has 0 radical (unpaired) electrons. The van der Waals surface area contributed by atoms with Gasteiger partial charge in [-0.15, -0.1) is 4.91 Å². The molecular weight excluding hydrogens is 350 g/mol. The van der Waals surface area contributed by atoms with Gasteiger partial charge in [0.15, 0.2) is 11.3 Å². The topological polar surface area (TPSA) is 66.7 Å². The third-order valence-electron chi connectivity index (χ3n) is 4.51. The van der Waals surface area contributed by atoms with Crippen LogP contribution >= 0.6 is 11.6 Å². The minimum atomic E-state index is -0.880. The lowest BCUT2D eigenvalue weighted by molar-refractivity contribution is 0.0903. The zero-order chi connectivity index (χ0) is 19.3. The van der Waals surface area contributed by atoms with Crippen molar-refractivity contribution in [3.05, 3.63) is 75.7 Å². The summed E-state index contributed by atoms with van der Waals surface area (Å²) in [5.41, 5.74) is 2.73. The van der Waals surface area contributed by atoms with E-state index in [2.05, 4.69) is 38.1 Å². The van der Waals surface area contributed by atoms with E-state index in [0.717, 1.165) is 11.1 Å². The van der Waals surface area contributed by atoms with Crippen molar-refractivity contribution in [3.8, 4) is 0 Å². The van der Waals surface area contributed by atoms with Crippen LogP contribution in [0.2, 0.25) is 0 Å². The van der Waals surface area contributed by atoms with Crippen molar-refractivity contribution in [3.63, 3.8) is 0 Å². The van der Waals surface area contributed by atoms with Crippen LogP contribution in [0.3, 0.4) is 0 Å². The van der Waals surface area contributed by atoms with Gasteiger partial charge in [-0.3, -0.25) is 4.79 Å². The summed E-state index contributed by atoms with van der Waals surface area (Å²) in [6.45, 7) is 5.92. The largest absolute Gasteiger partial charge is 0.388 e. The second kappa shape index (κ2) is 8.56. The molecule has 5 heteroatoms. The van der Waals surface area contributed by atoms with Gasteiger partial charge in [0.1, 0.15) is 6.61 Å². The van der Waals surface area contributed by atoms with E-state index < -0.39 is 12.1 Å². The van der Waals surface area contributed by atoms with Gasteiger partial charge in [0.25, 0.3) is 0 Å². The lowest BCUT2D eigenvalue weighted by Gasteiger charge is -2.22. The monoisotopic (exact) mass is 373 g/mol. The SMILES string of the molecule is CC(C)(C)c1ccc(C(Cc2ccc(C(=O)CO)cc2)C(Cl)N=O)cc1. The third kappa shape index (κ3) is 4.99. The van der Waals surface area contributed by atoms with Gasteiger partial charge in [-0.2, -0.15) is 0 Å². The molecule has 4 nitrogen and oxygen atoms in total. The number of Topliss-reactive ketones (excluding diaryl/α,β-unsaturated/α-hetero) is 1. The Balaban J connectivity index is 2.25. The molecule has 0 aliphatic rings. The van der Waals surface area contributed by atoms with Crippen LogP contribution in [-0.2, 0) is 11.8 Å². The van der Waals surface area contributed by atoms with Crippen molar-refractivity contribution in [2.75, 3.05) is 6.61 Å². The molecule has 0 aromatic heterocycles. The highest BCUT2D eigenvalue weighted by molar-refractivity contribution is 6.21. The van der Waals surface area contributed by atoms with Crippen LogP contribution in [0.5, 0.6) is 0 Å². The minimum absolute atomic E-state index is 0.0480. The molecule has 0 amide bonds. The number of aliphatic hydroxyl groups is 1. The predicted molar refractivity (Wildman–Crippen MR) is 105 cm³/mol. The van der Waals surface area contributed by atoms with E-state index in [9.17, 15) is 9.70 Å². The van der Waals surface area contributed by atoms with Gasteiger partial charge in [0, 0.05) is 11.5 Å². The zero-order valence-corrected chi connectivity index (χ0v) is 16.0. The molecule has 0 aliphatic carbocycles. The van der Waals surface area contributed by atoms with Crippen LogP contribution in [-0.4, -0.2) is 23.0 Å². The van der Waals surface area contributed by atoms with Crippen molar-refractivity contribution >= 4 is 17.4 Å². The molecule has 0 spiro atoms. The molecule has 2 atom stereocenters. The number of hydrogen-bond donors (Lipinski definition) is 1. The van der Waals surface area contributed by atoms with E-state index in [1.54, 1.807) is 12.1 Å². The smallest absolute Gasteiger partial charge is 0.188 e. The number of ketones is 1. The van der Waals surface area contributed by atoms with Crippen molar-refractivity contribution in [1.29, 1.82) is 0 Å². The molecule has 2 rings (SSSR count). The predicted octanol–water partition coefficient (Wildman–Crippen LogP) is 4.82. The number of aliphatic hydroxyl groups excluding tert-OH is 1. The van der Waals surface area contributed by atoms with E-state index in [-0.39, 0.29) is 17.1 Å². The first-order valence-electron chi connectivity index (χ1n) is 8.56. The molecule has 2 aromatic rings. The Hall–Kier alpha value is -2.04. The van der Waals surface area contributed by atoms with Crippen LogP contribution in [0.4, 0.5) is 0 Å². The standard InChI is InChI=1S/C21H24ClNO3/c1-21(2,3)17-10-8-15(9-11-17)18(20(22)23-26)12-14-4-6-16(7-5-14)19(25)13-24/h4-11,18,20,24H,12-13H2,1-3H3. The summed E-state index contributed by atoms with van der Waals surface area (Å²) in [5.74, 6) is -0.585. The van der Waals surface area contributed by atoms with Gasteiger partial charge in [0.2, 0.25) is 0 Å². The molecule has 0 saturated carbocycles. The fourth-order valence-corrected chi connectivity index (χ4v) is 3.08. The summed E-state index contributed by atoms with van der Waals surface area (Å²) in [4.78, 5) is 22.6. The van der Waals surface area contributed by atoms with Gasteiger partial charge >= 0.3 is 0 Å². The number of nitroso groups, excluding NO2 is 1. The fraction of sp³-hybridized carbons (Fsp3) is 0.381. The average Bonchev–Trinajstić information content (AvgIpc) is 2.64. The zero-order valence-electron chi connectivity index (χ0n) is 15.3. The molecule has 0 bridgehead atoms. The van der Waals surface area contributed by atoms with E-state index in [0.29, 0.717) is 12.0 Å². The van der Waals surface area contributed by atoms with Crippen molar-refractivity contribution in [2.24, 2.45) is 5.18 Å². The highest BCUT2D eigenvalue weighted by atomic mass is 35.5. The summed E-state index contributed by atoms with van der Waals surface area (Å²) in [7, 11) is 0. The molecule has 2 aromatic carbocycles. The first-order valence-corrected chi connectivity index (χ1v) is 9.00. The molecule has 0 fully saturated rings. The lowest BCUT2D eigenvalue weighted by atomic mass is 9.84. The molecule has 2 unspecified atom stereocenters. The maximum Gasteiger partial charge on any atom is 0.188 e. The second-order valence-corrected chi connectivity index (χ2v) is 7.89. The summed E-state index contributed by atoms with van der Waals surface area (Å²) in [6, 6.07) is 15.1. The molecule has 1 N–H and O–H groups in total. The molecule has 0 saturated heterocycles. The van der Waals surface area contributed by atoms with E-state index in [1.807, 2.05) is 24.3 Å². The summed E-state index contributed by atoms with van der Waals surface area (Å²) in [5, 5.41) is 11.9. The maximum atomic E-state index is 11.5. The quantitative estimate of drug-likeness (QED) is 0.327. The molecule has 0 aliphatic heterocycles. The number of rotatable bonds is 7. The Bertz CT molecular complexity index is 748. The Morgan fingerprint density at radius 2 is 1.65 bits per heavy atom. The first kappa shape index (κ1) is 20.3. The lowest BCUT2D eigenvalue weighted by Crippen LogP contribution is -2.15. The minimum Gasteiger partial charge on any atom is -0.388 e. The number of carbonyl (C=O) groups excluding carboxylic acids is 1. The molecule has 0 heterocycles. The number of nitrogens with zero attached hydrogens (tertiary/aromatic N) is 1. The second-order valence-electron chi connectivity index (χ2n) is 7.44. The van der Waals surface area contributed by atoms with Gasteiger partial charge in [-0.25, -0.2) is 0 Å². The Kier molecular flexibility index (Phi) is 6.68. The molecule has 26 heavy (non-hydrogen) atoms. The average molecular weight is 374 g/mol. The van der Waals surface area contributed by atoms with Crippen molar-refractivity contribution < 1.29 is 9.90 Å². The maximum absolute atomic E-state index is 11.5. The Morgan fingerprint density at radius 3 is 2.12 bits per heavy atom. The van der Waals surface area contributed by atoms with E-state index in [1.165, 1.54) is 5.56 Å². The van der Waals surface area contributed by atoms with E-state index in [4.69, 9.17) is 16.7 Å². The summed E-state index contributed by atoms with van der Waals surface area (Å²) >= 11 is 6.18. The van der Waals surface area contributed by atoms with Gasteiger partial charge < -0.3 is 5.11 Å². The highest BCUT2D eigenvalue weighted by Crippen LogP contribution is 2.31. The van der Waals surface area contributed by atoms with Gasteiger partial charge in [0.05, 0.1) is 0 Å². The summed E-state index contributed by atoms with van der Waals surface area (Å²) < 4.78 is 0. The van der Waals surface area contributed by atoms with Crippen LogP contribution in [0, 0.1) is 4.91 Å². The number of carbonyl (C=O) groups is 1. The van der Waals surface area contributed by atoms with Crippen LogP contribution in [0.25, 0.3) is 0 Å². The number of hydrogen-bond acceptors (Lipinski definition) is 4. The number of alkyl halides is 1. The van der Waals surface area contributed by atoms with Crippen molar-refractivity contribution in [1.82, 2.24) is 0 Å². The Morgan fingerprint density at radius 1 is 1.08 bits per heavy atom. The molecule has 138 valence electrons. The Labute approximate surface area is 159 Å². The van der Waals surface area contributed by atoms with Crippen LogP contribution < -0.4 is 0 Å². The first-order chi connectivity index (χ1) is 12.3. The normalized spacial score (nSPS) is 13.9. The van der Waals surface area contributed by atoms with Crippen LogP contribution in [0.15, 0.2) is 53.7 Å². The number of halogens is 1. The van der Waals surface area contributed by atoms with Crippen molar-refractivity contribution in [2.45, 2.75) is 44.0 Å². The number of benzene rings is 2. The van der Waals surface area contributed by atoms with Gasteiger partial charge in [-0.1, -0.05) is 80.9 Å². The highest BCUT2D eigenvalue weighted by Gasteiger charge is 2.23. The van der Waals surface area contributed by atoms with Crippen LogP contribution in [0.1, 0.15) is 53.7 Å². The van der Waals surface area contributed by atoms with E-state index >= 15 is 0 Å². The van der Waals surface area contributed by atoms with Gasteiger partial charge in [-0.05, 0) is 33.7 Å². The fourth-order valence-electron chi connectivity index (χ4n) is 2.85. The summed E-state index contributed by atoms with van der Waals surface area (Å²) in [6.07, 6.45) is 0.530. The third-order valence-corrected chi connectivity index (χ3v) is 4.90. The molecular formula is C21H24ClNO3.